The van der Waals surface area contributed by atoms with E-state index in [1.165, 1.54) is 0 Å². The Morgan fingerprint density at radius 1 is 1.53 bits per heavy atom. The van der Waals surface area contributed by atoms with Gasteiger partial charge in [0.15, 0.2) is 5.78 Å². The van der Waals surface area contributed by atoms with Crippen LogP contribution in [0.2, 0.25) is 5.02 Å². The molecule has 0 atom stereocenters. The summed E-state index contributed by atoms with van der Waals surface area (Å²) in [6.45, 7) is 0. The van der Waals surface area contributed by atoms with Crippen LogP contribution in [0.1, 0.15) is 16.8 Å². The van der Waals surface area contributed by atoms with E-state index in [4.69, 9.17) is 16.9 Å². The van der Waals surface area contributed by atoms with E-state index in [1.807, 2.05) is 12.1 Å². The molecule has 0 saturated heterocycles. The Hall–Kier alpha value is -1.79. The van der Waals surface area contributed by atoms with E-state index >= 15 is 0 Å². The Balaban J connectivity index is 2.63. The summed E-state index contributed by atoms with van der Waals surface area (Å²) in [5.41, 5.74) is 1.29. The van der Waals surface area contributed by atoms with Crippen molar-refractivity contribution >= 4 is 28.3 Å². The van der Waals surface area contributed by atoms with Crippen molar-refractivity contribution in [3.05, 3.63) is 35.0 Å². The average molecular weight is 219 g/mol. The minimum atomic E-state index is -0.211. The Bertz CT molecular complexity index is 565. The maximum absolute atomic E-state index is 11.6. The number of aromatic nitrogens is 1. The van der Waals surface area contributed by atoms with E-state index in [9.17, 15) is 4.79 Å². The fraction of sp³-hybridized carbons (Fsp3) is 0.0909. The first-order valence-corrected chi connectivity index (χ1v) is 4.77. The molecule has 0 saturated carbocycles. The predicted octanol–water partition coefficient (Wildman–Crippen LogP) is 2.92. The number of carbonyl (C=O) groups excluding carboxylic acids is 1. The first kappa shape index (κ1) is 9.75. The number of aromatic amines is 1. The van der Waals surface area contributed by atoms with Gasteiger partial charge in [-0.15, -0.1) is 0 Å². The summed E-state index contributed by atoms with van der Waals surface area (Å²) in [7, 11) is 0. The van der Waals surface area contributed by atoms with Crippen LogP contribution in [0.15, 0.2) is 24.4 Å². The third-order valence-corrected chi connectivity index (χ3v) is 2.51. The summed E-state index contributed by atoms with van der Waals surface area (Å²) < 4.78 is 0. The number of Topliss-reactive ketones (excluding diaryl/α,β-unsaturated/α-hetero) is 1. The van der Waals surface area contributed by atoms with Crippen molar-refractivity contribution in [3.63, 3.8) is 0 Å². The van der Waals surface area contributed by atoms with Gasteiger partial charge in [0.1, 0.15) is 0 Å². The van der Waals surface area contributed by atoms with E-state index in [0.29, 0.717) is 16.0 Å². The third kappa shape index (κ3) is 1.60. The number of benzene rings is 1. The Morgan fingerprint density at radius 2 is 2.33 bits per heavy atom. The molecule has 0 bridgehead atoms. The molecule has 0 aliphatic heterocycles. The molecule has 0 aliphatic rings. The van der Waals surface area contributed by atoms with Gasteiger partial charge in [0, 0.05) is 22.7 Å². The number of rotatable bonds is 2. The largest absolute Gasteiger partial charge is 0.360 e. The molecule has 4 heteroatoms. The Kier molecular flexibility index (Phi) is 2.44. The van der Waals surface area contributed by atoms with Crippen molar-refractivity contribution in [2.75, 3.05) is 0 Å². The van der Waals surface area contributed by atoms with Crippen molar-refractivity contribution in [3.8, 4) is 6.07 Å². The van der Waals surface area contributed by atoms with Gasteiger partial charge in [-0.05, 0) is 12.1 Å². The second-order valence-corrected chi connectivity index (χ2v) is 3.53. The normalized spacial score (nSPS) is 10.1. The molecule has 0 unspecified atom stereocenters. The molecule has 0 amide bonds. The van der Waals surface area contributed by atoms with Crippen LogP contribution >= 0.6 is 11.6 Å². The SMILES string of the molecule is N#CCC(=O)c1c[nH]c2cccc(Cl)c12. The van der Waals surface area contributed by atoms with Crippen LogP contribution in [-0.4, -0.2) is 10.8 Å². The molecule has 2 aromatic rings. The van der Waals surface area contributed by atoms with Gasteiger partial charge in [-0.25, -0.2) is 0 Å². The summed E-state index contributed by atoms with van der Waals surface area (Å²) in [5, 5.41) is 9.68. The second-order valence-electron chi connectivity index (χ2n) is 3.12. The number of hydrogen-bond donors (Lipinski definition) is 1. The summed E-state index contributed by atoms with van der Waals surface area (Å²) in [4.78, 5) is 14.5. The van der Waals surface area contributed by atoms with Crippen LogP contribution in [-0.2, 0) is 0 Å². The maximum atomic E-state index is 11.6. The molecule has 0 radical (unpaired) electrons. The van der Waals surface area contributed by atoms with Gasteiger partial charge in [0.05, 0.1) is 17.5 Å². The number of nitriles is 1. The molecule has 0 spiro atoms. The maximum Gasteiger partial charge on any atom is 0.179 e. The first-order valence-electron chi connectivity index (χ1n) is 4.40. The van der Waals surface area contributed by atoms with E-state index in [1.54, 1.807) is 18.3 Å². The van der Waals surface area contributed by atoms with Gasteiger partial charge in [0.2, 0.25) is 0 Å². The van der Waals surface area contributed by atoms with Crippen LogP contribution < -0.4 is 0 Å². The number of carbonyl (C=O) groups is 1. The molecule has 0 aliphatic carbocycles. The smallest absolute Gasteiger partial charge is 0.179 e. The summed E-state index contributed by atoms with van der Waals surface area (Å²) in [6.07, 6.45) is 1.47. The number of hydrogen-bond acceptors (Lipinski definition) is 2. The van der Waals surface area contributed by atoms with Gasteiger partial charge in [0.25, 0.3) is 0 Å². The van der Waals surface area contributed by atoms with Crippen molar-refractivity contribution in [2.45, 2.75) is 6.42 Å². The lowest BCUT2D eigenvalue weighted by molar-refractivity contribution is 0.0999. The monoisotopic (exact) mass is 218 g/mol. The quantitative estimate of drug-likeness (QED) is 0.788. The summed E-state index contributed by atoms with van der Waals surface area (Å²) in [5.74, 6) is -0.211. The molecule has 1 aromatic carbocycles. The number of ketones is 1. The van der Waals surface area contributed by atoms with Crippen LogP contribution in [0.5, 0.6) is 0 Å². The zero-order valence-corrected chi connectivity index (χ0v) is 8.51. The molecule has 2 rings (SSSR count). The van der Waals surface area contributed by atoms with E-state index in [0.717, 1.165) is 5.52 Å². The molecule has 1 aromatic heterocycles. The van der Waals surface area contributed by atoms with Crippen molar-refractivity contribution < 1.29 is 4.79 Å². The van der Waals surface area contributed by atoms with Gasteiger partial charge < -0.3 is 4.98 Å². The highest BCUT2D eigenvalue weighted by molar-refractivity contribution is 6.36. The molecule has 1 N–H and O–H groups in total. The third-order valence-electron chi connectivity index (χ3n) is 2.19. The molecule has 3 nitrogen and oxygen atoms in total. The standard InChI is InChI=1S/C11H7ClN2O/c12-8-2-1-3-9-11(8)7(6-14-9)10(15)4-5-13/h1-3,6,14H,4H2. The molecule has 1 heterocycles. The van der Waals surface area contributed by atoms with Crippen LogP contribution in [0.25, 0.3) is 10.9 Å². The van der Waals surface area contributed by atoms with Gasteiger partial charge >= 0.3 is 0 Å². The Morgan fingerprint density at radius 3 is 3.07 bits per heavy atom. The van der Waals surface area contributed by atoms with E-state index < -0.39 is 0 Å². The molecule has 0 fully saturated rings. The average Bonchev–Trinajstić information content (AvgIpc) is 2.63. The highest BCUT2D eigenvalue weighted by atomic mass is 35.5. The summed E-state index contributed by atoms with van der Waals surface area (Å²) >= 11 is 5.99. The van der Waals surface area contributed by atoms with Crippen molar-refractivity contribution in [1.29, 1.82) is 5.26 Å². The highest BCUT2D eigenvalue weighted by Crippen LogP contribution is 2.27. The molecular weight excluding hydrogens is 212 g/mol. The lowest BCUT2D eigenvalue weighted by Crippen LogP contribution is -1.95. The number of H-pyrrole nitrogens is 1. The predicted molar refractivity (Wildman–Crippen MR) is 57.9 cm³/mol. The molecular formula is C11H7ClN2O. The van der Waals surface area contributed by atoms with Gasteiger partial charge in [-0.2, -0.15) is 5.26 Å². The van der Waals surface area contributed by atoms with Crippen LogP contribution in [0.4, 0.5) is 0 Å². The van der Waals surface area contributed by atoms with Gasteiger partial charge in [-0.1, -0.05) is 17.7 Å². The minimum Gasteiger partial charge on any atom is -0.360 e. The van der Waals surface area contributed by atoms with Crippen LogP contribution in [0, 0.1) is 11.3 Å². The van der Waals surface area contributed by atoms with Gasteiger partial charge in [-0.3, -0.25) is 4.79 Å². The zero-order valence-electron chi connectivity index (χ0n) is 7.75. The lowest BCUT2D eigenvalue weighted by Gasteiger charge is -1.96. The summed E-state index contributed by atoms with van der Waals surface area (Å²) in [6, 6.07) is 7.20. The number of fused-ring (bicyclic) bond motifs is 1. The fourth-order valence-corrected chi connectivity index (χ4v) is 1.80. The number of halogens is 1. The van der Waals surface area contributed by atoms with E-state index in [2.05, 4.69) is 4.98 Å². The first-order chi connectivity index (χ1) is 7.24. The Labute approximate surface area is 91.3 Å². The molecule has 15 heavy (non-hydrogen) atoms. The minimum absolute atomic E-state index is 0.127. The lowest BCUT2D eigenvalue weighted by atomic mass is 10.1. The molecule has 74 valence electrons. The van der Waals surface area contributed by atoms with Crippen LogP contribution in [0.3, 0.4) is 0 Å². The van der Waals surface area contributed by atoms with E-state index in [-0.39, 0.29) is 12.2 Å². The van der Waals surface area contributed by atoms with Crippen molar-refractivity contribution in [1.82, 2.24) is 4.98 Å². The second kappa shape index (κ2) is 3.76. The number of nitrogens with one attached hydrogen (secondary N) is 1. The zero-order chi connectivity index (χ0) is 10.8. The number of nitrogens with zero attached hydrogens (tertiary/aromatic N) is 1. The van der Waals surface area contributed by atoms with Crippen molar-refractivity contribution in [2.24, 2.45) is 0 Å². The highest BCUT2D eigenvalue weighted by Gasteiger charge is 2.13. The topological polar surface area (TPSA) is 56.6 Å². The fourth-order valence-electron chi connectivity index (χ4n) is 1.53.